The van der Waals surface area contributed by atoms with E-state index in [0.717, 1.165) is 37.9 Å². The first-order chi connectivity index (χ1) is 11.1. The van der Waals surface area contributed by atoms with Gasteiger partial charge in [-0.2, -0.15) is 0 Å². The lowest BCUT2D eigenvalue weighted by atomic mass is 9.93. The maximum atomic E-state index is 12.1. The number of rotatable bonds is 6. The molecule has 0 spiro atoms. The number of urea groups is 1. The predicted molar refractivity (Wildman–Crippen MR) is 91.0 cm³/mol. The second kappa shape index (κ2) is 8.99. The molecule has 0 aliphatic heterocycles. The monoisotopic (exact) mass is 340 g/mol. The lowest BCUT2D eigenvalue weighted by molar-refractivity contribution is 0.0907. The van der Waals surface area contributed by atoms with Crippen molar-refractivity contribution in [1.82, 2.24) is 10.2 Å². The highest BCUT2D eigenvalue weighted by molar-refractivity contribution is 6.30. The molecular weight excluding hydrogens is 316 g/mol. The lowest BCUT2D eigenvalue weighted by Gasteiger charge is -2.30. The minimum absolute atomic E-state index is 0.121. The number of carbonyl (C=O) groups excluding carboxylic acids is 1. The first-order valence-corrected chi connectivity index (χ1v) is 8.52. The highest BCUT2D eigenvalue weighted by Gasteiger charge is 2.25. The van der Waals surface area contributed by atoms with Crippen LogP contribution >= 0.6 is 11.6 Å². The molecule has 6 heteroatoms. The second-order valence-corrected chi connectivity index (χ2v) is 6.42. The fraction of sp³-hybridized carbons (Fsp3) is 0.588. The molecule has 0 aromatic heterocycles. The third-order valence-corrected chi connectivity index (χ3v) is 4.36. The van der Waals surface area contributed by atoms with Crippen molar-refractivity contribution in [2.24, 2.45) is 0 Å². The summed E-state index contributed by atoms with van der Waals surface area (Å²) < 4.78 is 5.60. The molecule has 5 nitrogen and oxygen atoms in total. The maximum Gasteiger partial charge on any atom is 0.317 e. The fourth-order valence-corrected chi connectivity index (χ4v) is 2.80. The summed E-state index contributed by atoms with van der Waals surface area (Å²) in [5.74, 6) is 0.770. The summed E-state index contributed by atoms with van der Waals surface area (Å²) in [6, 6.07) is 6.95. The van der Waals surface area contributed by atoms with Gasteiger partial charge in [0.2, 0.25) is 0 Å². The summed E-state index contributed by atoms with van der Waals surface area (Å²) in [6.07, 6.45) is 4.02. The normalized spacial score (nSPS) is 20.8. The average Bonchev–Trinajstić information content (AvgIpc) is 2.55. The third kappa shape index (κ3) is 5.92. The number of aliphatic hydroxyl groups excluding tert-OH is 1. The van der Waals surface area contributed by atoms with Gasteiger partial charge in [-0.15, -0.1) is 0 Å². The van der Waals surface area contributed by atoms with Gasteiger partial charge < -0.3 is 20.1 Å². The van der Waals surface area contributed by atoms with Crippen molar-refractivity contribution in [2.75, 3.05) is 20.2 Å². The summed E-state index contributed by atoms with van der Waals surface area (Å²) in [4.78, 5) is 13.7. The van der Waals surface area contributed by atoms with Crippen LogP contribution in [-0.2, 0) is 0 Å². The Morgan fingerprint density at radius 3 is 2.74 bits per heavy atom. The van der Waals surface area contributed by atoms with Crippen molar-refractivity contribution in [3.63, 3.8) is 0 Å². The van der Waals surface area contributed by atoms with Crippen LogP contribution in [0.5, 0.6) is 5.75 Å². The van der Waals surface area contributed by atoms with E-state index in [4.69, 9.17) is 16.3 Å². The number of amides is 2. The smallest absolute Gasteiger partial charge is 0.317 e. The molecule has 1 aromatic rings. The Kier molecular flexibility index (Phi) is 6.99. The van der Waals surface area contributed by atoms with Crippen LogP contribution in [0, 0.1) is 0 Å². The van der Waals surface area contributed by atoms with Crippen LogP contribution in [0.25, 0.3) is 0 Å². The number of ether oxygens (including phenoxy) is 1. The molecule has 1 aromatic carbocycles. The average molecular weight is 341 g/mol. The third-order valence-electron chi connectivity index (χ3n) is 4.11. The van der Waals surface area contributed by atoms with Gasteiger partial charge in [0.05, 0.1) is 18.8 Å². The molecule has 1 aliphatic carbocycles. The number of benzene rings is 1. The van der Waals surface area contributed by atoms with Crippen molar-refractivity contribution in [2.45, 2.75) is 44.2 Å². The predicted octanol–water partition coefficient (Wildman–Crippen LogP) is 3.05. The van der Waals surface area contributed by atoms with Gasteiger partial charge in [-0.25, -0.2) is 4.79 Å². The van der Waals surface area contributed by atoms with E-state index in [-0.39, 0.29) is 12.1 Å². The van der Waals surface area contributed by atoms with E-state index in [1.807, 2.05) is 12.1 Å². The van der Waals surface area contributed by atoms with E-state index in [1.165, 1.54) is 0 Å². The van der Waals surface area contributed by atoms with E-state index in [0.29, 0.717) is 18.2 Å². The molecule has 2 rings (SSSR count). The first-order valence-electron chi connectivity index (χ1n) is 8.14. The SMILES string of the molecule is CN(CCCOc1ccc(Cl)cc1)C(=O)N[C@@H]1CCCC[C@H]1O. The van der Waals surface area contributed by atoms with Crippen LogP contribution in [0.3, 0.4) is 0 Å². The molecular formula is C17H25ClN2O3. The summed E-state index contributed by atoms with van der Waals surface area (Å²) in [5, 5.41) is 13.5. The highest BCUT2D eigenvalue weighted by atomic mass is 35.5. The van der Waals surface area contributed by atoms with Crippen molar-refractivity contribution in [3.8, 4) is 5.75 Å². The molecule has 2 amide bonds. The van der Waals surface area contributed by atoms with Crippen molar-refractivity contribution in [1.29, 1.82) is 0 Å². The topological polar surface area (TPSA) is 61.8 Å². The Balaban J connectivity index is 1.64. The Hall–Kier alpha value is -1.46. The van der Waals surface area contributed by atoms with Crippen LogP contribution in [0.1, 0.15) is 32.1 Å². The quantitative estimate of drug-likeness (QED) is 0.782. The Bertz CT molecular complexity index is 495. The molecule has 2 atom stereocenters. The number of hydrogen-bond acceptors (Lipinski definition) is 3. The lowest BCUT2D eigenvalue weighted by Crippen LogP contribution is -2.49. The zero-order chi connectivity index (χ0) is 16.7. The highest BCUT2D eigenvalue weighted by Crippen LogP contribution is 2.18. The first kappa shape index (κ1) is 17.9. The minimum Gasteiger partial charge on any atom is -0.494 e. The Morgan fingerprint density at radius 2 is 2.04 bits per heavy atom. The van der Waals surface area contributed by atoms with Crippen molar-refractivity contribution < 1.29 is 14.6 Å². The molecule has 0 bridgehead atoms. The Morgan fingerprint density at radius 1 is 1.35 bits per heavy atom. The van der Waals surface area contributed by atoms with E-state index >= 15 is 0 Å². The van der Waals surface area contributed by atoms with E-state index < -0.39 is 6.10 Å². The molecule has 2 N–H and O–H groups in total. The van der Waals surface area contributed by atoms with E-state index in [1.54, 1.807) is 24.1 Å². The van der Waals surface area contributed by atoms with E-state index in [9.17, 15) is 9.90 Å². The Labute approximate surface area is 142 Å². The van der Waals surface area contributed by atoms with Gasteiger partial charge in [0, 0.05) is 18.6 Å². The van der Waals surface area contributed by atoms with Gasteiger partial charge in [-0.05, 0) is 43.5 Å². The van der Waals surface area contributed by atoms with Gasteiger partial charge >= 0.3 is 6.03 Å². The van der Waals surface area contributed by atoms with Crippen molar-refractivity contribution in [3.05, 3.63) is 29.3 Å². The molecule has 23 heavy (non-hydrogen) atoms. The van der Waals surface area contributed by atoms with Crippen LogP contribution in [0.15, 0.2) is 24.3 Å². The molecule has 0 saturated heterocycles. The van der Waals surface area contributed by atoms with Gasteiger partial charge in [0.1, 0.15) is 5.75 Å². The second-order valence-electron chi connectivity index (χ2n) is 5.99. The van der Waals surface area contributed by atoms with Crippen LogP contribution in [-0.4, -0.2) is 48.4 Å². The standard InChI is InChI=1S/C17H25ClN2O3/c1-20(17(22)19-15-5-2-3-6-16(15)21)11-4-12-23-14-9-7-13(18)8-10-14/h7-10,15-16,21H,2-6,11-12H2,1H3,(H,19,22)/t15-,16-/m1/s1. The molecule has 0 heterocycles. The number of halogens is 1. The minimum atomic E-state index is -0.422. The van der Waals surface area contributed by atoms with Gasteiger partial charge in [0.25, 0.3) is 0 Å². The number of carbonyl (C=O) groups is 1. The molecule has 0 unspecified atom stereocenters. The van der Waals surface area contributed by atoms with Crippen LogP contribution < -0.4 is 10.1 Å². The summed E-state index contributed by atoms with van der Waals surface area (Å²) >= 11 is 5.82. The zero-order valence-electron chi connectivity index (χ0n) is 13.5. The number of nitrogens with one attached hydrogen (secondary N) is 1. The number of nitrogens with zero attached hydrogens (tertiary/aromatic N) is 1. The van der Waals surface area contributed by atoms with Gasteiger partial charge in [-0.3, -0.25) is 0 Å². The molecule has 1 saturated carbocycles. The van der Waals surface area contributed by atoms with Gasteiger partial charge in [-0.1, -0.05) is 24.4 Å². The maximum absolute atomic E-state index is 12.1. The fourth-order valence-electron chi connectivity index (χ4n) is 2.67. The van der Waals surface area contributed by atoms with Crippen LogP contribution in [0.4, 0.5) is 4.79 Å². The molecule has 1 fully saturated rings. The zero-order valence-corrected chi connectivity index (χ0v) is 14.3. The van der Waals surface area contributed by atoms with Crippen molar-refractivity contribution >= 4 is 17.6 Å². The summed E-state index contributed by atoms with van der Waals surface area (Å²) in [6.45, 7) is 1.13. The molecule has 1 aliphatic rings. The number of aliphatic hydroxyl groups is 1. The van der Waals surface area contributed by atoms with E-state index in [2.05, 4.69) is 5.32 Å². The molecule has 128 valence electrons. The summed E-state index contributed by atoms with van der Waals surface area (Å²) in [5.41, 5.74) is 0. The van der Waals surface area contributed by atoms with Gasteiger partial charge in [0.15, 0.2) is 0 Å². The number of hydrogen-bond donors (Lipinski definition) is 2. The molecule has 0 radical (unpaired) electrons. The largest absolute Gasteiger partial charge is 0.494 e. The summed E-state index contributed by atoms with van der Waals surface area (Å²) in [7, 11) is 1.76. The van der Waals surface area contributed by atoms with Crippen LogP contribution in [0.2, 0.25) is 5.02 Å².